The summed E-state index contributed by atoms with van der Waals surface area (Å²) in [7, 11) is 1.56. The second-order valence-corrected chi connectivity index (χ2v) is 4.66. The molecule has 1 saturated heterocycles. The molecule has 1 aliphatic heterocycles. The summed E-state index contributed by atoms with van der Waals surface area (Å²) in [5.41, 5.74) is 0.872. The standard InChI is InChI=1S/C14H21NO3/c1-17-13-4-2-3-12(14(13)16)9-15-7-5-11-6-8-18-10-11/h2-4,11,15-16H,5-10H2,1H3. The average molecular weight is 251 g/mol. The zero-order valence-electron chi connectivity index (χ0n) is 10.8. The molecule has 1 aliphatic rings. The minimum absolute atomic E-state index is 0.233. The van der Waals surface area contributed by atoms with E-state index in [1.165, 1.54) is 6.42 Å². The Labute approximate surface area is 108 Å². The highest BCUT2D eigenvalue weighted by molar-refractivity contribution is 5.45. The first-order valence-electron chi connectivity index (χ1n) is 6.44. The van der Waals surface area contributed by atoms with Crippen LogP contribution in [0.3, 0.4) is 0 Å². The highest BCUT2D eigenvalue weighted by atomic mass is 16.5. The second kappa shape index (κ2) is 6.61. The first kappa shape index (κ1) is 13.2. The summed E-state index contributed by atoms with van der Waals surface area (Å²) in [6.45, 7) is 3.41. The van der Waals surface area contributed by atoms with Crippen molar-refractivity contribution in [2.75, 3.05) is 26.9 Å². The van der Waals surface area contributed by atoms with Crippen LogP contribution in [0.15, 0.2) is 18.2 Å². The van der Waals surface area contributed by atoms with Crippen LogP contribution in [0.2, 0.25) is 0 Å². The molecule has 100 valence electrons. The van der Waals surface area contributed by atoms with Gasteiger partial charge in [-0.1, -0.05) is 12.1 Å². The number of phenols is 1. The molecule has 1 aromatic rings. The van der Waals surface area contributed by atoms with E-state index < -0.39 is 0 Å². The van der Waals surface area contributed by atoms with Crippen molar-refractivity contribution >= 4 is 0 Å². The van der Waals surface area contributed by atoms with Crippen molar-refractivity contribution in [2.24, 2.45) is 5.92 Å². The summed E-state index contributed by atoms with van der Waals surface area (Å²) in [6.07, 6.45) is 2.30. The van der Waals surface area contributed by atoms with Gasteiger partial charge in [0.25, 0.3) is 0 Å². The van der Waals surface area contributed by atoms with Gasteiger partial charge in [0.15, 0.2) is 11.5 Å². The summed E-state index contributed by atoms with van der Waals surface area (Å²) >= 11 is 0. The lowest BCUT2D eigenvalue weighted by molar-refractivity contribution is 0.184. The van der Waals surface area contributed by atoms with E-state index in [-0.39, 0.29) is 5.75 Å². The number of para-hydroxylation sites is 1. The van der Waals surface area contributed by atoms with E-state index in [0.29, 0.717) is 18.2 Å². The monoisotopic (exact) mass is 251 g/mol. The van der Waals surface area contributed by atoms with Gasteiger partial charge >= 0.3 is 0 Å². The van der Waals surface area contributed by atoms with Gasteiger partial charge in [0.05, 0.1) is 7.11 Å². The Balaban J connectivity index is 1.75. The Morgan fingerprint density at radius 2 is 2.39 bits per heavy atom. The molecule has 1 aromatic carbocycles. The highest BCUT2D eigenvalue weighted by Crippen LogP contribution is 2.29. The number of benzene rings is 1. The number of ether oxygens (including phenoxy) is 2. The van der Waals surface area contributed by atoms with Gasteiger partial charge < -0.3 is 19.9 Å². The number of nitrogens with one attached hydrogen (secondary N) is 1. The number of hydrogen-bond acceptors (Lipinski definition) is 4. The van der Waals surface area contributed by atoms with Crippen molar-refractivity contribution in [3.63, 3.8) is 0 Å². The van der Waals surface area contributed by atoms with Crippen molar-refractivity contribution in [3.8, 4) is 11.5 Å². The lowest BCUT2D eigenvalue weighted by Crippen LogP contribution is -2.18. The zero-order chi connectivity index (χ0) is 12.8. The fraction of sp³-hybridized carbons (Fsp3) is 0.571. The normalized spacial score (nSPS) is 19.1. The number of methoxy groups -OCH3 is 1. The van der Waals surface area contributed by atoms with Crippen LogP contribution >= 0.6 is 0 Å². The molecule has 2 N–H and O–H groups in total. The summed E-state index contributed by atoms with van der Waals surface area (Å²) < 4.78 is 10.4. The topological polar surface area (TPSA) is 50.7 Å². The summed E-state index contributed by atoms with van der Waals surface area (Å²) in [5, 5.41) is 13.3. The largest absolute Gasteiger partial charge is 0.504 e. The molecular weight excluding hydrogens is 230 g/mol. The number of hydrogen-bond donors (Lipinski definition) is 2. The smallest absolute Gasteiger partial charge is 0.162 e. The van der Waals surface area contributed by atoms with Crippen LogP contribution in [0.25, 0.3) is 0 Å². The molecule has 0 radical (unpaired) electrons. The van der Waals surface area contributed by atoms with Gasteiger partial charge in [0, 0.05) is 25.3 Å². The summed E-state index contributed by atoms with van der Waals surface area (Å²) in [6, 6.07) is 5.55. The van der Waals surface area contributed by atoms with Crippen molar-refractivity contribution in [1.29, 1.82) is 0 Å². The second-order valence-electron chi connectivity index (χ2n) is 4.66. The fourth-order valence-corrected chi connectivity index (χ4v) is 2.22. The van der Waals surface area contributed by atoms with Gasteiger partial charge in [-0.05, 0) is 31.4 Å². The summed E-state index contributed by atoms with van der Waals surface area (Å²) in [5.74, 6) is 1.45. The average Bonchev–Trinajstić information content (AvgIpc) is 2.89. The van der Waals surface area contributed by atoms with E-state index >= 15 is 0 Å². The molecule has 1 fully saturated rings. The van der Waals surface area contributed by atoms with Gasteiger partial charge in [0.1, 0.15) is 0 Å². The molecule has 4 nitrogen and oxygen atoms in total. The molecule has 0 bridgehead atoms. The maximum Gasteiger partial charge on any atom is 0.162 e. The molecule has 18 heavy (non-hydrogen) atoms. The molecule has 2 rings (SSSR count). The molecule has 0 aromatic heterocycles. The van der Waals surface area contributed by atoms with Gasteiger partial charge in [-0.3, -0.25) is 0 Å². The minimum Gasteiger partial charge on any atom is -0.504 e. The number of aromatic hydroxyl groups is 1. The van der Waals surface area contributed by atoms with Crippen LogP contribution in [0.1, 0.15) is 18.4 Å². The maximum atomic E-state index is 9.91. The molecule has 0 amide bonds. The summed E-state index contributed by atoms with van der Waals surface area (Å²) in [4.78, 5) is 0. The molecule has 0 aliphatic carbocycles. The van der Waals surface area contributed by atoms with E-state index in [4.69, 9.17) is 9.47 Å². The predicted octanol–water partition coefficient (Wildman–Crippen LogP) is 1.92. The highest BCUT2D eigenvalue weighted by Gasteiger charge is 2.14. The lowest BCUT2D eigenvalue weighted by atomic mass is 10.1. The van der Waals surface area contributed by atoms with Crippen molar-refractivity contribution in [1.82, 2.24) is 5.32 Å². The van der Waals surface area contributed by atoms with E-state index in [2.05, 4.69) is 5.32 Å². The Morgan fingerprint density at radius 3 is 3.11 bits per heavy atom. The van der Waals surface area contributed by atoms with E-state index in [0.717, 1.165) is 31.7 Å². The first-order chi connectivity index (χ1) is 8.81. The molecule has 4 heteroatoms. The quantitative estimate of drug-likeness (QED) is 0.758. The Kier molecular flexibility index (Phi) is 4.84. The van der Waals surface area contributed by atoms with Gasteiger partial charge in [-0.2, -0.15) is 0 Å². The number of rotatable bonds is 6. The van der Waals surface area contributed by atoms with Crippen LogP contribution < -0.4 is 10.1 Å². The molecular formula is C14H21NO3. The predicted molar refractivity (Wildman–Crippen MR) is 69.9 cm³/mol. The van der Waals surface area contributed by atoms with Crippen LogP contribution in [0.5, 0.6) is 11.5 Å². The molecule has 1 unspecified atom stereocenters. The first-order valence-corrected chi connectivity index (χ1v) is 6.44. The van der Waals surface area contributed by atoms with Crippen LogP contribution in [0, 0.1) is 5.92 Å². The van der Waals surface area contributed by atoms with Crippen LogP contribution in [-0.2, 0) is 11.3 Å². The Hall–Kier alpha value is -1.26. The molecule has 1 heterocycles. The van der Waals surface area contributed by atoms with Crippen molar-refractivity contribution in [3.05, 3.63) is 23.8 Å². The van der Waals surface area contributed by atoms with Crippen molar-refractivity contribution in [2.45, 2.75) is 19.4 Å². The molecule has 0 saturated carbocycles. The Bertz CT molecular complexity index is 375. The lowest BCUT2D eigenvalue weighted by Gasteiger charge is -2.11. The Morgan fingerprint density at radius 1 is 1.50 bits per heavy atom. The SMILES string of the molecule is COc1cccc(CNCCC2CCOC2)c1O. The molecule has 1 atom stereocenters. The van der Waals surface area contributed by atoms with Gasteiger partial charge in [-0.15, -0.1) is 0 Å². The van der Waals surface area contributed by atoms with Crippen LogP contribution in [-0.4, -0.2) is 32.0 Å². The third kappa shape index (κ3) is 3.37. The van der Waals surface area contributed by atoms with Gasteiger partial charge in [-0.25, -0.2) is 0 Å². The van der Waals surface area contributed by atoms with Crippen LogP contribution in [0.4, 0.5) is 0 Å². The van der Waals surface area contributed by atoms with Crippen molar-refractivity contribution < 1.29 is 14.6 Å². The maximum absolute atomic E-state index is 9.91. The van der Waals surface area contributed by atoms with E-state index in [1.807, 2.05) is 12.1 Å². The minimum atomic E-state index is 0.233. The number of phenolic OH excluding ortho intramolecular Hbond substituents is 1. The van der Waals surface area contributed by atoms with E-state index in [1.54, 1.807) is 13.2 Å². The van der Waals surface area contributed by atoms with E-state index in [9.17, 15) is 5.11 Å². The zero-order valence-corrected chi connectivity index (χ0v) is 10.8. The third-order valence-electron chi connectivity index (χ3n) is 3.37. The molecule has 0 spiro atoms. The third-order valence-corrected chi connectivity index (χ3v) is 3.37. The van der Waals surface area contributed by atoms with Gasteiger partial charge in [0.2, 0.25) is 0 Å². The fourth-order valence-electron chi connectivity index (χ4n) is 2.22.